The largest absolute Gasteiger partial charge is 0.317 e. The van der Waals surface area contributed by atoms with Crippen LogP contribution in [0.5, 0.6) is 0 Å². The smallest absolute Gasteiger partial charge is 0.0977 e. The molecule has 86 valence electrons. The van der Waals surface area contributed by atoms with Crippen LogP contribution in [0.2, 0.25) is 0 Å². The summed E-state index contributed by atoms with van der Waals surface area (Å²) in [5.74, 6) is 1.16. The first-order valence-corrected chi connectivity index (χ1v) is 6.59. The molecule has 0 bridgehead atoms. The van der Waals surface area contributed by atoms with Crippen LogP contribution in [0.15, 0.2) is 5.38 Å². The van der Waals surface area contributed by atoms with Crippen LogP contribution in [-0.2, 0) is 6.42 Å². The van der Waals surface area contributed by atoms with Crippen molar-refractivity contribution in [1.29, 1.82) is 0 Å². The van der Waals surface area contributed by atoms with Crippen molar-refractivity contribution in [1.82, 2.24) is 10.3 Å². The van der Waals surface area contributed by atoms with Gasteiger partial charge < -0.3 is 5.32 Å². The van der Waals surface area contributed by atoms with E-state index >= 15 is 0 Å². The number of aryl methyl sites for hydroxylation is 1. The second-order valence-electron chi connectivity index (χ2n) is 4.38. The summed E-state index contributed by atoms with van der Waals surface area (Å²) in [5.41, 5.74) is 1.23. The molecular formula is C12H22N2S. The van der Waals surface area contributed by atoms with E-state index < -0.39 is 0 Å². The second-order valence-corrected chi connectivity index (χ2v) is 5.27. The van der Waals surface area contributed by atoms with Gasteiger partial charge in [0.1, 0.15) is 0 Å². The van der Waals surface area contributed by atoms with Crippen LogP contribution in [0, 0.1) is 5.92 Å². The van der Waals surface area contributed by atoms with E-state index in [4.69, 9.17) is 4.98 Å². The van der Waals surface area contributed by atoms with Gasteiger partial charge in [-0.1, -0.05) is 20.8 Å². The number of thiazole rings is 1. The molecule has 0 aliphatic heterocycles. The zero-order valence-electron chi connectivity index (χ0n) is 10.4. The standard InChI is InChI=1S/C12H22N2S/c1-6-10-7-15-12(14-10)11(8(2)3)9(4)13-5/h7-9,11,13H,6H2,1-5H3. The third-order valence-electron chi connectivity index (χ3n) is 2.93. The average molecular weight is 226 g/mol. The van der Waals surface area contributed by atoms with Crippen LogP contribution >= 0.6 is 11.3 Å². The highest BCUT2D eigenvalue weighted by atomic mass is 32.1. The van der Waals surface area contributed by atoms with Crippen molar-refractivity contribution in [2.45, 2.75) is 46.1 Å². The van der Waals surface area contributed by atoms with Crippen molar-refractivity contribution < 1.29 is 0 Å². The summed E-state index contributed by atoms with van der Waals surface area (Å²) in [7, 11) is 2.02. The van der Waals surface area contributed by atoms with Gasteiger partial charge in [-0.05, 0) is 26.3 Å². The van der Waals surface area contributed by atoms with Crippen molar-refractivity contribution in [3.8, 4) is 0 Å². The van der Waals surface area contributed by atoms with Crippen molar-refractivity contribution >= 4 is 11.3 Å². The molecule has 1 aromatic rings. The molecule has 1 rings (SSSR count). The molecule has 0 aromatic carbocycles. The Labute approximate surface area is 97.1 Å². The lowest BCUT2D eigenvalue weighted by atomic mass is 9.90. The summed E-state index contributed by atoms with van der Waals surface area (Å²) in [6.45, 7) is 8.93. The van der Waals surface area contributed by atoms with Gasteiger partial charge in [-0.25, -0.2) is 4.98 Å². The molecule has 0 fully saturated rings. The lowest BCUT2D eigenvalue weighted by Crippen LogP contribution is -2.31. The highest BCUT2D eigenvalue weighted by Crippen LogP contribution is 2.30. The summed E-state index contributed by atoms with van der Waals surface area (Å²) in [6.07, 6.45) is 1.04. The molecule has 0 spiro atoms. The highest BCUT2D eigenvalue weighted by Gasteiger charge is 2.24. The number of rotatable bonds is 5. The van der Waals surface area contributed by atoms with Gasteiger partial charge in [0.05, 0.1) is 10.7 Å². The summed E-state index contributed by atoms with van der Waals surface area (Å²) in [6, 6.07) is 0.487. The molecule has 15 heavy (non-hydrogen) atoms. The molecule has 1 heterocycles. The van der Waals surface area contributed by atoms with Gasteiger partial charge in [-0.2, -0.15) is 0 Å². The first-order chi connectivity index (χ1) is 7.10. The zero-order valence-corrected chi connectivity index (χ0v) is 11.2. The zero-order chi connectivity index (χ0) is 11.4. The number of aromatic nitrogens is 1. The highest BCUT2D eigenvalue weighted by molar-refractivity contribution is 7.09. The van der Waals surface area contributed by atoms with Crippen molar-refractivity contribution in [3.63, 3.8) is 0 Å². The van der Waals surface area contributed by atoms with Crippen LogP contribution < -0.4 is 5.32 Å². The Morgan fingerprint density at radius 2 is 2.07 bits per heavy atom. The summed E-state index contributed by atoms with van der Waals surface area (Å²) in [4.78, 5) is 4.70. The quantitative estimate of drug-likeness (QED) is 0.834. The minimum Gasteiger partial charge on any atom is -0.317 e. The third-order valence-corrected chi connectivity index (χ3v) is 3.92. The molecule has 0 aliphatic rings. The molecule has 0 radical (unpaired) electrons. The van der Waals surface area contributed by atoms with Gasteiger partial charge in [-0.3, -0.25) is 0 Å². The third kappa shape index (κ3) is 3.02. The van der Waals surface area contributed by atoms with E-state index in [0.29, 0.717) is 17.9 Å². The van der Waals surface area contributed by atoms with E-state index in [9.17, 15) is 0 Å². The fourth-order valence-electron chi connectivity index (χ4n) is 1.89. The molecule has 2 unspecified atom stereocenters. The maximum absolute atomic E-state index is 4.70. The first kappa shape index (κ1) is 12.7. The Hall–Kier alpha value is -0.410. The fourth-order valence-corrected chi connectivity index (χ4v) is 3.17. The Bertz CT molecular complexity index is 294. The van der Waals surface area contributed by atoms with Gasteiger partial charge >= 0.3 is 0 Å². The Morgan fingerprint density at radius 1 is 1.40 bits per heavy atom. The minimum atomic E-state index is 0.487. The van der Waals surface area contributed by atoms with Gasteiger partial charge in [-0.15, -0.1) is 11.3 Å². The van der Waals surface area contributed by atoms with E-state index in [-0.39, 0.29) is 0 Å². The van der Waals surface area contributed by atoms with Gasteiger partial charge in [0, 0.05) is 17.3 Å². The number of hydrogen-bond donors (Lipinski definition) is 1. The fraction of sp³-hybridized carbons (Fsp3) is 0.750. The molecule has 0 aliphatic carbocycles. The molecule has 2 atom stereocenters. The summed E-state index contributed by atoms with van der Waals surface area (Å²) < 4.78 is 0. The lowest BCUT2D eigenvalue weighted by Gasteiger charge is -2.25. The molecule has 0 amide bonds. The number of nitrogens with zero attached hydrogens (tertiary/aromatic N) is 1. The second kappa shape index (κ2) is 5.61. The number of hydrogen-bond acceptors (Lipinski definition) is 3. The molecule has 1 aromatic heterocycles. The normalized spacial score (nSPS) is 15.6. The van der Waals surface area contributed by atoms with Gasteiger partial charge in [0.2, 0.25) is 0 Å². The minimum absolute atomic E-state index is 0.487. The predicted molar refractivity (Wildman–Crippen MR) is 67.6 cm³/mol. The Kier molecular flexibility index (Phi) is 4.74. The monoisotopic (exact) mass is 226 g/mol. The molecule has 1 N–H and O–H groups in total. The predicted octanol–water partition coefficient (Wildman–Crippen LogP) is 3.05. The van der Waals surface area contributed by atoms with E-state index in [1.54, 1.807) is 11.3 Å². The molecular weight excluding hydrogens is 204 g/mol. The van der Waals surface area contributed by atoms with Crippen LogP contribution in [-0.4, -0.2) is 18.1 Å². The Balaban J connectivity index is 2.88. The van der Waals surface area contributed by atoms with Crippen LogP contribution in [0.1, 0.15) is 44.3 Å². The van der Waals surface area contributed by atoms with Crippen LogP contribution in [0.4, 0.5) is 0 Å². The Morgan fingerprint density at radius 3 is 2.47 bits per heavy atom. The van der Waals surface area contributed by atoms with Gasteiger partial charge in [0.15, 0.2) is 0 Å². The van der Waals surface area contributed by atoms with Crippen LogP contribution in [0.25, 0.3) is 0 Å². The topological polar surface area (TPSA) is 24.9 Å². The average Bonchev–Trinajstić information content (AvgIpc) is 2.65. The lowest BCUT2D eigenvalue weighted by molar-refractivity contribution is 0.394. The van der Waals surface area contributed by atoms with Gasteiger partial charge in [0.25, 0.3) is 0 Å². The van der Waals surface area contributed by atoms with E-state index in [1.165, 1.54) is 10.7 Å². The maximum Gasteiger partial charge on any atom is 0.0977 e. The molecule has 2 nitrogen and oxygen atoms in total. The molecule has 0 saturated heterocycles. The van der Waals surface area contributed by atoms with Crippen molar-refractivity contribution in [3.05, 3.63) is 16.1 Å². The molecule has 3 heteroatoms. The SMILES string of the molecule is CCc1csc(C(C(C)C)C(C)NC)n1. The summed E-state index contributed by atoms with van der Waals surface area (Å²) in [5, 5.41) is 6.81. The first-order valence-electron chi connectivity index (χ1n) is 5.71. The van der Waals surface area contributed by atoms with E-state index in [0.717, 1.165) is 6.42 Å². The maximum atomic E-state index is 4.70. The summed E-state index contributed by atoms with van der Waals surface area (Å²) >= 11 is 1.80. The van der Waals surface area contributed by atoms with E-state index in [1.807, 2.05) is 7.05 Å². The number of nitrogens with one attached hydrogen (secondary N) is 1. The van der Waals surface area contributed by atoms with E-state index in [2.05, 4.69) is 38.4 Å². The molecule has 0 saturated carbocycles. The number of likely N-dealkylation sites (N-methyl/N-ethyl adjacent to an activating group) is 1. The van der Waals surface area contributed by atoms with Crippen molar-refractivity contribution in [2.24, 2.45) is 5.92 Å². The van der Waals surface area contributed by atoms with Crippen LogP contribution in [0.3, 0.4) is 0 Å². The van der Waals surface area contributed by atoms with Crippen molar-refractivity contribution in [2.75, 3.05) is 7.05 Å².